The minimum atomic E-state index is -0.246. The van der Waals surface area contributed by atoms with Crippen LogP contribution in [0, 0.1) is 0 Å². The molecule has 0 radical (unpaired) electrons. The van der Waals surface area contributed by atoms with Gasteiger partial charge in [-0.25, -0.2) is 4.68 Å². The number of carbonyl (C=O) groups is 1. The normalized spacial score (nSPS) is 16.6. The molecule has 26 heavy (non-hydrogen) atoms. The van der Waals surface area contributed by atoms with Gasteiger partial charge in [0.2, 0.25) is 5.82 Å². The molecule has 0 aromatic carbocycles. The second-order valence-electron chi connectivity index (χ2n) is 6.28. The van der Waals surface area contributed by atoms with Crippen molar-refractivity contribution in [2.75, 3.05) is 24.5 Å². The first kappa shape index (κ1) is 15.0. The second kappa shape index (κ2) is 5.90. The Morgan fingerprint density at radius 2 is 2.04 bits per heavy atom. The molecule has 0 aliphatic carbocycles. The number of aromatic nitrogens is 6. The SMILES string of the molecule is O=C1NCCn2nnc(-c3nc(-c4ccc(N5CCCC5)cn4)no3)c21. The van der Waals surface area contributed by atoms with Crippen molar-refractivity contribution in [3.05, 3.63) is 24.0 Å². The minimum Gasteiger partial charge on any atom is -0.370 e. The summed E-state index contributed by atoms with van der Waals surface area (Å²) in [5.74, 6) is 0.263. The molecule has 0 atom stereocenters. The monoisotopic (exact) mass is 352 g/mol. The number of rotatable bonds is 3. The summed E-state index contributed by atoms with van der Waals surface area (Å²) in [7, 11) is 0. The molecule has 3 aromatic heterocycles. The average molecular weight is 352 g/mol. The van der Waals surface area contributed by atoms with Crippen molar-refractivity contribution in [3.63, 3.8) is 0 Å². The maximum Gasteiger partial charge on any atom is 0.281 e. The lowest BCUT2D eigenvalue weighted by molar-refractivity contribution is 0.0924. The highest BCUT2D eigenvalue weighted by Gasteiger charge is 2.28. The molecule has 0 unspecified atom stereocenters. The number of nitrogens with one attached hydrogen (secondary N) is 1. The molecule has 10 nitrogen and oxygen atoms in total. The summed E-state index contributed by atoms with van der Waals surface area (Å²) >= 11 is 0. The van der Waals surface area contributed by atoms with E-state index >= 15 is 0 Å². The first-order valence-corrected chi connectivity index (χ1v) is 8.57. The van der Waals surface area contributed by atoms with Gasteiger partial charge in [-0.15, -0.1) is 5.10 Å². The van der Waals surface area contributed by atoms with Gasteiger partial charge in [-0.05, 0) is 25.0 Å². The summed E-state index contributed by atoms with van der Waals surface area (Å²) in [4.78, 5) is 23.2. The third-order valence-corrected chi connectivity index (χ3v) is 4.64. The van der Waals surface area contributed by atoms with E-state index in [1.165, 1.54) is 12.8 Å². The van der Waals surface area contributed by atoms with Gasteiger partial charge in [0.25, 0.3) is 11.8 Å². The zero-order valence-electron chi connectivity index (χ0n) is 13.9. The van der Waals surface area contributed by atoms with Crippen LogP contribution in [0.15, 0.2) is 22.9 Å². The van der Waals surface area contributed by atoms with Gasteiger partial charge in [-0.2, -0.15) is 4.98 Å². The van der Waals surface area contributed by atoms with E-state index in [2.05, 4.69) is 35.7 Å². The van der Waals surface area contributed by atoms with Crippen molar-refractivity contribution in [2.24, 2.45) is 0 Å². The van der Waals surface area contributed by atoms with Crippen LogP contribution in [0.4, 0.5) is 5.69 Å². The van der Waals surface area contributed by atoms with E-state index in [1.54, 1.807) is 4.68 Å². The molecule has 1 N–H and O–H groups in total. The van der Waals surface area contributed by atoms with Crippen LogP contribution in [0.25, 0.3) is 23.1 Å². The largest absolute Gasteiger partial charge is 0.370 e. The number of fused-ring (bicyclic) bond motifs is 1. The zero-order chi connectivity index (χ0) is 17.5. The number of pyridine rings is 1. The number of hydrogen-bond acceptors (Lipinski definition) is 8. The van der Waals surface area contributed by atoms with Gasteiger partial charge in [0, 0.05) is 19.6 Å². The standard InChI is InChI=1S/C16H16N8O2/c25-15-13-12(20-22-24(13)8-5-17-15)16-19-14(21-26-16)11-4-3-10(9-18-11)23-6-1-2-7-23/h3-4,9H,1-2,5-8H2,(H,17,25). The van der Waals surface area contributed by atoms with Gasteiger partial charge in [0.15, 0.2) is 11.4 Å². The molecule has 5 heterocycles. The van der Waals surface area contributed by atoms with Crippen molar-refractivity contribution >= 4 is 11.6 Å². The Balaban J connectivity index is 1.44. The lowest BCUT2D eigenvalue weighted by Gasteiger charge is -2.16. The van der Waals surface area contributed by atoms with Crippen LogP contribution < -0.4 is 10.2 Å². The zero-order valence-corrected chi connectivity index (χ0v) is 13.9. The van der Waals surface area contributed by atoms with Crippen molar-refractivity contribution in [2.45, 2.75) is 19.4 Å². The van der Waals surface area contributed by atoms with E-state index < -0.39 is 0 Å². The Bertz CT molecular complexity index is 955. The highest BCUT2D eigenvalue weighted by molar-refractivity contribution is 5.97. The predicted molar refractivity (Wildman–Crippen MR) is 90.3 cm³/mol. The Kier molecular flexibility index (Phi) is 3.40. The average Bonchev–Trinajstić information content (AvgIpc) is 3.41. The molecule has 2 aliphatic rings. The number of hydrogen-bond donors (Lipinski definition) is 1. The van der Waals surface area contributed by atoms with Gasteiger partial charge < -0.3 is 14.7 Å². The van der Waals surface area contributed by atoms with Gasteiger partial charge in [-0.1, -0.05) is 10.4 Å². The molecule has 0 saturated carbocycles. The predicted octanol–water partition coefficient (Wildman–Crippen LogP) is 0.734. The van der Waals surface area contributed by atoms with Crippen molar-refractivity contribution in [3.8, 4) is 23.1 Å². The number of carbonyl (C=O) groups excluding carboxylic acids is 1. The van der Waals surface area contributed by atoms with E-state index in [0.29, 0.717) is 30.3 Å². The molecular formula is C16H16N8O2. The van der Waals surface area contributed by atoms with Crippen LogP contribution in [-0.4, -0.2) is 55.7 Å². The van der Waals surface area contributed by atoms with Crippen LogP contribution >= 0.6 is 0 Å². The van der Waals surface area contributed by atoms with E-state index in [4.69, 9.17) is 4.52 Å². The molecule has 2 aliphatic heterocycles. The summed E-state index contributed by atoms with van der Waals surface area (Å²) in [6, 6.07) is 3.88. The molecular weight excluding hydrogens is 336 g/mol. The lowest BCUT2D eigenvalue weighted by Crippen LogP contribution is -2.35. The molecule has 0 bridgehead atoms. The van der Waals surface area contributed by atoms with E-state index in [-0.39, 0.29) is 17.5 Å². The fraction of sp³-hybridized carbons (Fsp3) is 0.375. The summed E-state index contributed by atoms with van der Waals surface area (Å²) < 4.78 is 6.84. The number of anilines is 1. The van der Waals surface area contributed by atoms with E-state index in [0.717, 1.165) is 18.8 Å². The molecule has 1 saturated heterocycles. The fourth-order valence-electron chi connectivity index (χ4n) is 3.30. The first-order valence-electron chi connectivity index (χ1n) is 8.57. The van der Waals surface area contributed by atoms with Gasteiger partial charge in [-0.3, -0.25) is 9.78 Å². The van der Waals surface area contributed by atoms with Crippen LogP contribution in [0.2, 0.25) is 0 Å². The summed E-state index contributed by atoms with van der Waals surface area (Å²) in [6.07, 6.45) is 4.25. The summed E-state index contributed by atoms with van der Waals surface area (Å²) in [6.45, 7) is 3.22. The van der Waals surface area contributed by atoms with Gasteiger partial charge >= 0.3 is 0 Å². The number of nitrogens with zero attached hydrogens (tertiary/aromatic N) is 7. The molecule has 3 aromatic rings. The Labute approximate surface area is 148 Å². The summed E-state index contributed by atoms with van der Waals surface area (Å²) in [5, 5.41) is 14.7. The summed E-state index contributed by atoms with van der Waals surface area (Å²) in [5.41, 5.74) is 2.32. The maximum atomic E-state index is 12.1. The third-order valence-electron chi connectivity index (χ3n) is 4.64. The van der Waals surface area contributed by atoms with Crippen LogP contribution in [0.3, 0.4) is 0 Å². The molecule has 10 heteroatoms. The van der Waals surface area contributed by atoms with E-state index in [1.807, 2.05) is 18.3 Å². The Morgan fingerprint density at radius 3 is 2.85 bits per heavy atom. The molecule has 5 rings (SSSR count). The Hall–Kier alpha value is -3.30. The Morgan fingerprint density at radius 1 is 1.15 bits per heavy atom. The van der Waals surface area contributed by atoms with Crippen molar-refractivity contribution in [1.82, 2.24) is 35.4 Å². The van der Waals surface area contributed by atoms with Gasteiger partial charge in [0.05, 0.1) is 18.4 Å². The van der Waals surface area contributed by atoms with E-state index in [9.17, 15) is 4.79 Å². The van der Waals surface area contributed by atoms with Crippen LogP contribution in [0.1, 0.15) is 23.3 Å². The van der Waals surface area contributed by atoms with Crippen LogP contribution in [-0.2, 0) is 6.54 Å². The molecule has 1 fully saturated rings. The van der Waals surface area contributed by atoms with Crippen LogP contribution in [0.5, 0.6) is 0 Å². The molecule has 1 amide bonds. The van der Waals surface area contributed by atoms with Gasteiger partial charge in [0.1, 0.15) is 5.69 Å². The van der Waals surface area contributed by atoms with Crippen molar-refractivity contribution < 1.29 is 9.32 Å². The third kappa shape index (κ3) is 2.41. The minimum absolute atomic E-state index is 0.156. The lowest BCUT2D eigenvalue weighted by atomic mass is 10.2. The fourth-order valence-corrected chi connectivity index (χ4v) is 3.30. The first-order chi connectivity index (χ1) is 12.8. The second-order valence-corrected chi connectivity index (χ2v) is 6.28. The molecule has 132 valence electrons. The highest BCUT2D eigenvalue weighted by Crippen LogP contribution is 2.25. The topological polar surface area (TPSA) is 115 Å². The number of amides is 1. The maximum absolute atomic E-state index is 12.1. The highest BCUT2D eigenvalue weighted by atomic mass is 16.5. The van der Waals surface area contributed by atoms with Crippen molar-refractivity contribution in [1.29, 1.82) is 0 Å². The smallest absolute Gasteiger partial charge is 0.281 e. The molecule has 0 spiro atoms. The quantitative estimate of drug-likeness (QED) is 0.734.